The van der Waals surface area contributed by atoms with Crippen molar-refractivity contribution in [2.24, 2.45) is 0 Å². The molecule has 0 bridgehead atoms. The molecule has 0 radical (unpaired) electrons. The molecule has 23 heavy (non-hydrogen) atoms. The first kappa shape index (κ1) is 14.0. The second kappa shape index (κ2) is 5.22. The van der Waals surface area contributed by atoms with Gasteiger partial charge in [0.15, 0.2) is 5.65 Å². The molecule has 1 aliphatic rings. The highest BCUT2D eigenvalue weighted by atomic mass is 16.1. The lowest BCUT2D eigenvalue weighted by molar-refractivity contribution is 0.874. The van der Waals surface area contributed by atoms with Gasteiger partial charge in [-0.1, -0.05) is 6.07 Å². The Labute approximate surface area is 133 Å². The number of aromatic amines is 1. The minimum atomic E-state index is -0.132. The molecule has 0 amide bonds. The Kier molecular flexibility index (Phi) is 3.18. The highest BCUT2D eigenvalue weighted by Crippen LogP contribution is 2.18. The van der Waals surface area contributed by atoms with E-state index < -0.39 is 0 Å². The predicted molar refractivity (Wildman–Crippen MR) is 90.4 cm³/mol. The summed E-state index contributed by atoms with van der Waals surface area (Å²) in [4.78, 5) is 21.9. The standard InChI is InChI=1S/C17H19N5O/c1-11-5-6-13(9-12(11)2)22-10-14-15(20-22)18-17(19-16(14)23)21-7-3-4-8-21/h5-6,9-10H,3-4,7-8H2,1-2H3,(H,18,19,20,23). The summed E-state index contributed by atoms with van der Waals surface area (Å²) in [5.41, 5.74) is 3.73. The third-order valence-electron chi connectivity index (χ3n) is 4.54. The highest BCUT2D eigenvalue weighted by molar-refractivity contribution is 5.74. The van der Waals surface area contributed by atoms with Crippen LogP contribution in [0.5, 0.6) is 0 Å². The van der Waals surface area contributed by atoms with E-state index in [2.05, 4.69) is 45.9 Å². The summed E-state index contributed by atoms with van der Waals surface area (Å²) < 4.78 is 1.73. The maximum atomic E-state index is 12.3. The van der Waals surface area contributed by atoms with Gasteiger partial charge in [-0.05, 0) is 49.9 Å². The maximum absolute atomic E-state index is 12.3. The van der Waals surface area contributed by atoms with Crippen LogP contribution in [0.15, 0.2) is 29.2 Å². The highest BCUT2D eigenvalue weighted by Gasteiger charge is 2.17. The van der Waals surface area contributed by atoms with Crippen LogP contribution in [0.4, 0.5) is 5.95 Å². The zero-order valence-corrected chi connectivity index (χ0v) is 13.3. The summed E-state index contributed by atoms with van der Waals surface area (Å²) in [5.74, 6) is 0.630. The third-order valence-corrected chi connectivity index (χ3v) is 4.54. The molecule has 0 unspecified atom stereocenters. The molecule has 1 N–H and O–H groups in total. The van der Waals surface area contributed by atoms with Gasteiger partial charge >= 0.3 is 0 Å². The lowest BCUT2D eigenvalue weighted by Crippen LogP contribution is -2.23. The number of hydrogen-bond acceptors (Lipinski definition) is 4. The van der Waals surface area contributed by atoms with Crippen LogP contribution in [0.1, 0.15) is 24.0 Å². The average Bonchev–Trinajstić information content (AvgIpc) is 3.18. The normalized spacial score (nSPS) is 14.8. The Morgan fingerprint density at radius 2 is 1.91 bits per heavy atom. The molecule has 1 aliphatic heterocycles. The van der Waals surface area contributed by atoms with Crippen molar-refractivity contribution in [1.29, 1.82) is 0 Å². The summed E-state index contributed by atoms with van der Waals surface area (Å²) in [7, 11) is 0. The summed E-state index contributed by atoms with van der Waals surface area (Å²) >= 11 is 0. The number of hydrogen-bond donors (Lipinski definition) is 1. The number of nitrogens with one attached hydrogen (secondary N) is 1. The molecule has 1 fully saturated rings. The topological polar surface area (TPSA) is 66.8 Å². The number of aromatic nitrogens is 4. The van der Waals surface area contributed by atoms with E-state index >= 15 is 0 Å². The van der Waals surface area contributed by atoms with Gasteiger partial charge in [-0.25, -0.2) is 4.68 Å². The average molecular weight is 309 g/mol. The van der Waals surface area contributed by atoms with Gasteiger partial charge in [-0.15, -0.1) is 5.10 Å². The van der Waals surface area contributed by atoms with Crippen molar-refractivity contribution in [3.63, 3.8) is 0 Å². The number of rotatable bonds is 2. The van der Waals surface area contributed by atoms with Crippen molar-refractivity contribution in [1.82, 2.24) is 19.7 Å². The second-order valence-electron chi connectivity index (χ2n) is 6.16. The third kappa shape index (κ3) is 2.40. The van der Waals surface area contributed by atoms with Crippen molar-refractivity contribution in [2.45, 2.75) is 26.7 Å². The van der Waals surface area contributed by atoms with Crippen LogP contribution in [-0.4, -0.2) is 32.8 Å². The van der Waals surface area contributed by atoms with Crippen molar-refractivity contribution in [2.75, 3.05) is 18.0 Å². The summed E-state index contributed by atoms with van der Waals surface area (Å²) in [6.45, 7) is 6.02. The zero-order chi connectivity index (χ0) is 16.0. The van der Waals surface area contributed by atoms with Gasteiger partial charge in [0.2, 0.25) is 5.95 Å². The molecule has 3 heterocycles. The summed E-state index contributed by atoms with van der Waals surface area (Å²) in [6, 6.07) is 6.13. The maximum Gasteiger partial charge on any atom is 0.263 e. The monoisotopic (exact) mass is 309 g/mol. The molecule has 1 saturated heterocycles. The molecule has 0 spiro atoms. The van der Waals surface area contributed by atoms with Gasteiger partial charge in [-0.2, -0.15) is 4.98 Å². The summed E-state index contributed by atoms with van der Waals surface area (Å²) in [6.07, 6.45) is 4.02. The lowest BCUT2D eigenvalue weighted by Gasteiger charge is -2.14. The van der Waals surface area contributed by atoms with Crippen LogP contribution in [0.25, 0.3) is 16.7 Å². The lowest BCUT2D eigenvalue weighted by atomic mass is 10.1. The first-order valence-corrected chi connectivity index (χ1v) is 7.94. The van der Waals surface area contributed by atoms with Crippen LogP contribution in [0.2, 0.25) is 0 Å². The van der Waals surface area contributed by atoms with Gasteiger partial charge in [0.05, 0.1) is 5.69 Å². The molecule has 2 aromatic heterocycles. The van der Waals surface area contributed by atoms with Crippen LogP contribution in [0.3, 0.4) is 0 Å². The Morgan fingerprint density at radius 1 is 1.13 bits per heavy atom. The van der Waals surface area contributed by atoms with Gasteiger partial charge < -0.3 is 4.90 Å². The Balaban J connectivity index is 1.82. The molecule has 1 aromatic carbocycles. The van der Waals surface area contributed by atoms with E-state index in [4.69, 9.17) is 0 Å². The fourth-order valence-electron chi connectivity index (χ4n) is 2.98. The molecular weight excluding hydrogens is 290 g/mol. The van der Waals surface area contributed by atoms with E-state index in [0.717, 1.165) is 31.6 Å². The van der Waals surface area contributed by atoms with Crippen LogP contribution in [0, 0.1) is 13.8 Å². The molecule has 0 aliphatic carbocycles. The van der Waals surface area contributed by atoms with Gasteiger partial charge in [0.25, 0.3) is 5.56 Å². The van der Waals surface area contributed by atoms with E-state index in [9.17, 15) is 4.79 Å². The van der Waals surface area contributed by atoms with Crippen LogP contribution < -0.4 is 10.5 Å². The van der Waals surface area contributed by atoms with Gasteiger partial charge in [0, 0.05) is 19.3 Å². The SMILES string of the molecule is Cc1ccc(-n2cc3c(=O)[nH]c(N4CCCC4)nc3n2)cc1C. The largest absolute Gasteiger partial charge is 0.342 e. The van der Waals surface area contributed by atoms with Crippen molar-refractivity contribution >= 4 is 17.0 Å². The van der Waals surface area contributed by atoms with Gasteiger partial charge in [0.1, 0.15) is 5.39 Å². The van der Waals surface area contributed by atoms with Crippen molar-refractivity contribution < 1.29 is 0 Å². The summed E-state index contributed by atoms with van der Waals surface area (Å²) in [5, 5.41) is 5.03. The minimum absolute atomic E-state index is 0.132. The van der Waals surface area contributed by atoms with Crippen molar-refractivity contribution in [3.05, 3.63) is 45.9 Å². The number of fused-ring (bicyclic) bond motifs is 1. The number of anilines is 1. The smallest absolute Gasteiger partial charge is 0.263 e. The fourth-order valence-corrected chi connectivity index (χ4v) is 2.98. The first-order valence-electron chi connectivity index (χ1n) is 7.94. The first-order chi connectivity index (χ1) is 11.1. The minimum Gasteiger partial charge on any atom is -0.342 e. The predicted octanol–water partition coefficient (Wildman–Crippen LogP) is 2.33. The van der Waals surface area contributed by atoms with E-state index in [1.165, 1.54) is 11.1 Å². The van der Waals surface area contributed by atoms with E-state index in [1.54, 1.807) is 10.9 Å². The van der Waals surface area contributed by atoms with E-state index in [0.29, 0.717) is 17.0 Å². The number of nitrogens with zero attached hydrogens (tertiary/aromatic N) is 4. The quantitative estimate of drug-likeness (QED) is 0.789. The molecule has 3 aromatic rings. The van der Waals surface area contributed by atoms with Crippen LogP contribution >= 0.6 is 0 Å². The molecule has 6 heteroatoms. The van der Waals surface area contributed by atoms with Crippen molar-refractivity contribution in [3.8, 4) is 5.69 Å². The van der Waals surface area contributed by atoms with E-state index in [1.807, 2.05) is 6.07 Å². The Bertz CT molecular complexity index is 934. The molecule has 6 nitrogen and oxygen atoms in total. The molecular formula is C17H19N5O. The molecule has 0 atom stereocenters. The number of aryl methyl sites for hydroxylation is 2. The Hall–Kier alpha value is -2.63. The van der Waals surface area contributed by atoms with Gasteiger partial charge in [-0.3, -0.25) is 9.78 Å². The molecule has 0 saturated carbocycles. The molecule has 118 valence electrons. The zero-order valence-electron chi connectivity index (χ0n) is 13.3. The Morgan fingerprint density at radius 3 is 2.65 bits per heavy atom. The fraction of sp³-hybridized carbons (Fsp3) is 0.353. The number of H-pyrrole nitrogens is 1. The van der Waals surface area contributed by atoms with E-state index in [-0.39, 0.29) is 5.56 Å². The second-order valence-corrected chi connectivity index (χ2v) is 6.16. The molecule has 4 rings (SSSR count). The van der Waals surface area contributed by atoms with Crippen LogP contribution in [-0.2, 0) is 0 Å². The number of benzene rings is 1.